The van der Waals surface area contributed by atoms with Crippen LogP contribution in [0.1, 0.15) is 5.56 Å². The maximum absolute atomic E-state index is 12.3. The van der Waals surface area contributed by atoms with Crippen molar-refractivity contribution in [2.24, 2.45) is 0 Å². The van der Waals surface area contributed by atoms with Gasteiger partial charge in [0, 0.05) is 20.6 Å². The molecule has 0 saturated heterocycles. The summed E-state index contributed by atoms with van der Waals surface area (Å²) in [4.78, 5) is 16.6. The lowest BCUT2D eigenvalue weighted by Crippen LogP contribution is -2.27. The number of hydrogen-bond donors (Lipinski definition) is 1. The Morgan fingerprint density at radius 3 is 2.69 bits per heavy atom. The van der Waals surface area contributed by atoms with Crippen LogP contribution in [0.3, 0.4) is 0 Å². The third kappa shape index (κ3) is 5.00. The van der Waals surface area contributed by atoms with Crippen LogP contribution < -0.4 is 14.8 Å². The number of amides is 1. The van der Waals surface area contributed by atoms with Crippen molar-refractivity contribution >= 4 is 38.8 Å². The number of carbonyl (C=O) groups is 1. The van der Waals surface area contributed by atoms with Gasteiger partial charge >= 0.3 is 0 Å². The van der Waals surface area contributed by atoms with E-state index in [1.807, 2.05) is 18.2 Å². The third-order valence-corrected chi connectivity index (χ3v) is 7.43. The van der Waals surface area contributed by atoms with Gasteiger partial charge in [-0.25, -0.2) is 17.7 Å². The highest BCUT2D eigenvalue weighted by Crippen LogP contribution is 2.31. The van der Waals surface area contributed by atoms with E-state index in [0.717, 1.165) is 33.1 Å². The summed E-state index contributed by atoms with van der Waals surface area (Å²) in [5.74, 6) is 1.46. The van der Waals surface area contributed by atoms with Crippen LogP contribution in [0.2, 0.25) is 0 Å². The van der Waals surface area contributed by atoms with Gasteiger partial charge < -0.3 is 19.2 Å². The second-order valence-corrected chi connectivity index (χ2v) is 10.3. The molecule has 32 heavy (non-hydrogen) atoms. The Morgan fingerprint density at radius 2 is 1.91 bits per heavy atom. The van der Waals surface area contributed by atoms with Gasteiger partial charge in [-0.1, -0.05) is 17.8 Å². The summed E-state index contributed by atoms with van der Waals surface area (Å²) in [6.45, 7) is 1.57. The molecular weight excluding hydrogens is 454 g/mol. The minimum Gasteiger partial charge on any atom is -0.486 e. The first-order chi connectivity index (χ1) is 15.3. The van der Waals surface area contributed by atoms with Gasteiger partial charge in [-0.3, -0.25) is 4.79 Å². The number of carbonyl (C=O) groups excluding carboxylic acids is 1. The molecule has 1 aromatic heterocycles. The number of nitrogens with one attached hydrogen (secondary N) is 1. The molecule has 0 unspecified atom stereocenters. The van der Waals surface area contributed by atoms with Crippen molar-refractivity contribution in [1.29, 1.82) is 0 Å². The molecule has 2 heterocycles. The maximum atomic E-state index is 12.3. The number of oxazole rings is 1. The van der Waals surface area contributed by atoms with Crippen LogP contribution in [-0.2, 0) is 21.2 Å². The quantitative estimate of drug-likeness (QED) is 0.492. The molecule has 0 atom stereocenters. The van der Waals surface area contributed by atoms with Crippen molar-refractivity contribution in [3.8, 4) is 11.5 Å². The largest absolute Gasteiger partial charge is 0.486 e. The Bertz CT molecular complexity index is 1240. The Morgan fingerprint density at radius 1 is 1.12 bits per heavy atom. The van der Waals surface area contributed by atoms with Gasteiger partial charge in [0.05, 0.1) is 10.6 Å². The first-order valence-corrected chi connectivity index (χ1v) is 12.4. The number of nitrogens with zero attached hydrogens (tertiary/aromatic N) is 2. The predicted molar refractivity (Wildman–Crippen MR) is 120 cm³/mol. The Labute approximate surface area is 190 Å². The van der Waals surface area contributed by atoms with Gasteiger partial charge in [0.2, 0.25) is 15.9 Å². The van der Waals surface area contributed by atoms with Crippen LogP contribution in [0.25, 0.3) is 11.1 Å². The van der Waals surface area contributed by atoms with Crippen LogP contribution in [-0.4, -0.2) is 63.2 Å². The fourth-order valence-corrected chi connectivity index (χ4v) is 4.68. The second kappa shape index (κ2) is 9.39. The number of fused-ring (bicyclic) bond motifs is 2. The number of benzene rings is 2. The van der Waals surface area contributed by atoms with Crippen LogP contribution in [0.4, 0.5) is 0 Å². The number of sulfonamides is 1. The topological polar surface area (TPSA) is 111 Å². The highest BCUT2D eigenvalue weighted by molar-refractivity contribution is 7.99. The van der Waals surface area contributed by atoms with Gasteiger partial charge in [0.1, 0.15) is 18.7 Å². The molecule has 0 radical (unpaired) electrons. The lowest BCUT2D eigenvalue weighted by molar-refractivity contribution is -0.118. The zero-order valence-electron chi connectivity index (χ0n) is 17.7. The van der Waals surface area contributed by atoms with Crippen molar-refractivity contribution in [2.75, 3.05) is 39.6 Å². The van der Waals surface area contributed by atoms with E-state index < -0.39 is 10.0 Å². The molecule has 1 N–H and O–H groups in total. The lowest BCUT2D eigenvalue weighted by atomic mass is 10.1. The average molecular weight is 478 g/mol. The molecule has 3 aromatic rings. The van der Waals surface area contributed by atoms with E-state index in [-0.39, 0.29) is 16.6 Å². The molecule has 1 aliphatic heterocycles. The zero-order valence-corrected chi connectivity index (χ0v) is 19.3. The minimum absolute atomic E-state index is 0.136. The van der Waals surface area contributed by atoms with Crippen LogP contribution in [0, 0.1) is 0 Å². The van der Waals surface area contributed by atoms with Crippen molar-refractivity contribution < 1.29 is 27.1 Å². The van der Waals surface area contributed by atoms with E-state index in [9.17, 15) is 13.2 Å². The van der Waals surface area contributed by atoms with Crippen LogP contribution in [0.15, 0.2) is 50.9 Å². The van der Waals surface area contributed by atoms with Crippen molar-refractivity contribution in [3.63, 3.8) is 0 Å². The molecule has 1 amide bonds. The number of rotatable bonds is 8. The minimum atomic E-state index is -3.56. The summed E-state index contributed by atoms with van der Waals surface area (Å²) in [6.07, 6.45) is 0.666. The van der Waals surface area contributed by atoms with E-state index in [1.165, 1.54) is 26.2 Å². The molecule has 0 aliphatic carbocycles. The summed E-state index contributed by atoms with van der Waals surface area (Å²) in [5, 5.41) is 3.18. The standard InChI is InChI=1S/C21H23N3O6S2/c1-24(2)32(26,27)15-4-6-17-16(12-15)23-21(30-17)31-13-20(25)22-8-7-14-3-5-18-19(11-14)29-10-9-28-18/h3-6,11-12H,7-10,13H2,1-2H3,(H,22,25). The van der Waals surface area contributed by atoms with E-state index >= 15 is 0 Å². The van der Waals surface area contributed by atoms with E-state index in [0.29, 0.717) is 42.5 Å². The normalized spacial score (nSPS) is 13.5. The second-order valence-electron chi connectivity index (χ2n) is 7.26. The van der Waals surface area contributed by atoms with Crippen molar-refractivity contribution in [1.82, 2.24) is 14.6 Å². The summed E-state index contributed by atoms with van der Waals surface area (Å²) in [7, 11) is -0.621. The monoisotopic (exact) mass is 477 g/mol. The lowest BCUT2D eigenvalue weighted by Gasteiger charge is -2.18. The first-order valence-electron chi connectivity index (χ1n) is 9.94. The van der Waals surface area contributed by atoms with E-state index in [4.69, 9.17) is 13.9 Å². The molecule has 0 fully saturated rings. The molecular formula is C21H23N3O6S2. The maximum Gasteiger partial charge on any atom is 0.257 e. The fraction of sp³-hybridized carbons (Fsp3) is 0.333. The van der Waals surface area contributed by atoms with E-state index in [1.54, 1.807) is 6.07 Å². The third-order valence-electron chi connectivity index (χ3n) is 4.79. The molecule has 9 nitrogen and oxygen atoms in total. The van der Waals surface area contributed by atoms with Crippen molar-refractivity contribution in [3.05, 3.63) is 42.0 Å². The number of aromatic nitrogens is 1. The van der Waals surface area contributed by atoms with Gasteiger partial charge in [0.15, 0.2) is 17.1 Å². The number of ether oxygens (including phenoxy) is 2. The zero-order chi connectivity index (χ0) is 22.7. The Balaban J connectivity index is 1.29. The number of thioether (sulfide) groups is 1. The van der Waals surface area contributed by atoms with Gasteiger partial charge in [-0.2, -0.15) is 0 Å². The predicted octanol–water partition coefficient (Wildman–Crippen LogP) is 2.30. The first kappa shape index (κ1) is 22.4. The molecule has 4 rings (SSSR count). The molecule has 2 aromatic carbocycles. The van der Waals surface area contributed by atoms with Crippen LogP contribution in [0.5, 0.6) is 11.5 Å². The van der Waals surface area contributed by atoms with Gasteiger partial charge in [0.25, 0.3) is 5.22 Å². The SMILES string of the molecule is CN(C)S(=O)(=O)c1ccc2oc(SCC(=O)NCCc3ccc4c(c3)OCCO4)nc2c1. The summed E-state index contributed by atoms with van der Waals surface area (Å²) >= 11 is 1.15. The molecule has 0 saturated carbocycles. The van der Waals surface area contributed by atoms with Gasteiger partial charge in [-0.15, -0.1) is 0 Å². The smallest absolute Gasteiger partial charge is 0.257 e. The molecule has 0 bridgehead atoms. The average Bonchev–Trinajstić information content (AvgIpc) is 3.20. The Hall–Kier alpha value is -2.76. The molecule has 0 spiro atoms. The van der Waals surface area contributed by atoms with Crippen LogP contribution >= 0.6 is 11.8 Å². The molecule has 11 heteroatoms. The van der Waals surface area contributed by atoms with Crippen molar-refractivity contribution in [2.45, 2.75) is 16.5 Å². The Kier molecular flexibility index (Phi) is 6.58. The number of hydrogen-bond acceptors (Lipinski definition) is 8. The van der Waals surface area contributed by atoms with E-state index in [2.05, 4.69) is 10.3 Å². The summed E-state index contributed by atoms with van der Waals surface area (Å²) in [6, 6.07) is 10.3. The fourth-order valence-electron chi connectivity index (χ4n) is 3.09. The highest BCUT2D eigenvalue weighted by atomic mass is 32.2. The summed E-state index contributed by atoms with van der Waals surface area (Å²) in [5.41, 5.74) is 1.93. The highest BCUT2D eigenvalue weighted by Gasteiger charge is 2.19. The molecule has 170 valence electrons. The van der Waals surface area contributed by atoms with Gasteiger partial charge in [-0.05, 0) is 42.3 Å². The summed E-state index contributed by atoms with van der Waals surface area (Å²) < 4.78 is 42.4. The molecule has 1 aliphatic rings.